The van der Waals surface area contributed by atoms with Crippen LogP contribution in [0.15, 0.2) is 70.7 Å². The average Bonchev–Trinajstić information content (AvgIpc) is 2.82. The summed E-state index contributed by atoms with van der Waals surface area (Å²) in [5.41, 5.74) is 2.76. The van der Waals surface area contributed by atoms with Gasteiger partial charge in [0.05, 0.1) is 9.79 Å². The van der Waals surface area contributed by atoms with Gasteiger partial charge in [0.25, 0.3) is 0 Å². The Bertz CT molecular complexity index is 1470. The van der Waals surface area contributed by atoms with E-state index in [9.17, 15) is 21.6 Å². The molecular weight excluding hydrogens is 492 g/mol. The molecule has 0 fully saturated rings. The summed E-state index contributed by atoms with van der Waals surface area (Å²) in [6.45, 7) is -0.470. The molecule has 0 radical (unpaired) electrons. The largest absolute Gasteiger partial charge is 0.482 e. The van der Waals surface area contributed by atoms with Crippen molar-refractivity contribution in [2.24, 2.45) is 0 Å². The highest BCUT2D eigenvalue weighted by molar-refractivity contribution is 7.90. The minimum Gasteiger partial charge on any atom is -0.482 e. The van der Waals surface area contributed by atoms with Crippen LogP contribution in [0.25, 0.3) is 11.1 Å². The number of fused-ring (bicyclic) bond motifs is 1. The number of pyridine rings is 1. The number of ether oxygens (including phenoxy) is 1. The van der Waals surface area contributed by atoms with E-state index in [1.165, 1.54) is 30.6 Å². The fraction of sp³-hybridized carbons (Fsp3) is 0.250. The molecule has 0 saturated carbocycles. The van der Waals surface area contributed by atoms with Crippen LogP contribution >= 0.6 is 0 Å². The molecule has 0 saturated heterocycles. The molecule has 184 valence electrons. The topological polar surface area (TPSA) is 140 Å². The van der Waals surface area contributed by atoms with Crippen molar-refractivity contribution in [1.29, 1.82) is 0 Å². The van der Waals surface area contributed by atoms with Crippen LogP contribution in [-0.4, -0.2) is 45.8 Å². The standard InChI is InChI=1S/C24H24N2O7S2/c1-34(29,30)19-12-17(13-25-14-19)16-8-10-18(11-9-16)35(31,32)26-22-6-2-5-21-20(22)4-3-7-23(21)33-15-24(27)28/h3-4,7-14,22,26H,2,5-6,15H2,1H3,(H,27,28). The third kappa shape index (κ3) is 5.69. The summed E-state index contributed by atoms with van der Waals surface area (Å²) >= 11 is 0. The maximum atomic E-state index is 13.1. The van der Waals surface area contributed by atoms with Gasteiger partial charge in [-0.1, -0.05) is 24.3 Å². The highest BCUT2D eigenvalue weighted by Crippen LogP contribution is 2.36. The average molecular weight is 517 g/mol. The van der Waals surface area contributed by atoms with E-state index in [1.807, 2.05) is 6.07 Å². The normalized spacial score (nSPS) is 15.9. The number of benzene rings is 2. The Morgan fingerprint density at radius 1 is 1.06 bits per heavy atom. The highest BCUT2D eigenvalue weighted by atomic mass is 32.2. The van der Waals surface area contributed by atoms with Gasteiger partial charge >= 0.3 is 5.97 Å². The maximum absolute atomic E-state index is 13.1. The van der Waals surface area contributed by atoms with E-state index < -0.39 is 38.5 Å². The van der Waals surface area contributed by atoms with Crippen molar-refractivity contribution < 1.29 is 31.5 Å². The second-order valence-electron chi connectivity index (χ2n) is 8.28. The van der Waals surface area contributed by atoms with Crippen molar-refractivity contribution in [3.8, 4) is 16.9 Å². The van der Waals surface area contributed by atoms with Gasteiger partial charge in [-0.25, -0.2) is 26.4 Å². The van der Waals surface area contributed by atoms with Crippen LogP contribution in [0.1, 0.15) is 30.0 Å². The summed E-state index contributed by atoms with van der Waals surface area (Å²) in [7, 11) is -7.29. The zero-order valence-electron chi connectivity index (χ0n) is 18.8. The van der Waals surface area contributed by atoms with Crippen LogP contribution in [0.5, 0.6) is 5.75 Å². The first-order valence-electron chi connectivity index (χ1n) is 10.8. The van der Waals surface area contributed by atoms with Crippen LogP contribution < -0.4 is 9.46 Å². The van der Waals surface area contributed by atoms with E-state index in [2.05, 4.69) is 9.71 Å². The number of aromatic nitrogens is 1. The number of sulfone groups is 1. The van der Waals surface area contributed by atoms with Gasteiger partial charge in [0.2, 0.25) is 10.0 Å². The molecule has 1 aliphatic carbocycles. The van der Waals surface area contributed by atoms with Crippen LogP contribution in [0, 0.1) is 0 Å². The van der Waals surface area contributed by atoms with Gasteiger partial charge in [-0.3, -0.25) is 4.98 Å². The fourth-order valence-corrected chi connectivity index (χ4v) is 5.92. The molecule has 2 N–H and O–H groups in total. The van der Waals surface area contributed by atoms with E-state index in [-0.39, 0.29) is 9.79 Å². The van der Waals surface area contributed by atoms with Crippen LogP contribution in [0.3, 0.4) is 0 Å². The summed E-state index contributed by atoms with van der Waals surface area (Å²) in [6, 6.07) is 12.4. The number of hydrogen-bond donors (Lipinski definition) is 2. The molecule has 0 aliphatic heterocycles. The van der Waals surface area contributed by atoms with Crippen LogP contribution in [-0.2, 0) is 31.1 Å². The number of rotatable bonds is 8. The van der Waals surface area contributed by atoms with Gasteiger partial charge in [0.15, 0.2) is 16.4 Å². The summed E-state index contributed by atoms with van der Waals surface area (Å²) in [5.74, 6) is -0.638. The van der Waals surface area contributed by atoms with E-state index in [1.54, 1.807) is 24.3 Å². The number of nitrogens with zero attached hydrogens (tertiary/aromatic N) is 1. The first-order chi connectivity index (χ1) is 16.5. The highest BCUT2D eigenvalue weighted by Gasteiger charge is 2.27. The minimum atomic E-state index is -3.87. The Balaban J connectivity index is 1.56. The first-order valence-corrected chi connectivity index (χ1v) is 14.2. The van der Waals surface area contributed by atoms with Crippen LogP contribution in [0.4, 0.5) is 0 Å². The predicted molar refractivity (Wildman–Crippen MR) is 128 cm³/mol. The molecule has 3 aromatic rings. The molecule has 4 rings (SSSR count). The van der Waals surface area contributed by atoms with Gasteiger partial charge in [-0.05, 0) is 60.2 Å². The third-order valence-electron chi connectivity index (χ3n) is 5.75. The predicted octanol–water partition coefficient (Wildman–Crippen LogP) is 2.97. The quantitative estimate of drug-likeness (QED) is 0.466. The minimum absolute atomic E-state index is 0.0684. The van der Waals surface area contributed by atoms with Crippen molar-refractivity contribution in [1.82, 2.24) is 9.71 Å². The molecule has 0 bridgehead atoms. The number of nitrogens with one attached hydrogen (secondary N) is 1. The summed E-state index contributed by atoms with van der Waals surface area (Å²) in [6.07, 6.45) is 5.85. The van der Waals surface area contributed by atoms with Gasteiger partial charge in [-0.15, -0.1) is 0 Å². The zero-order valence-corrected chi connectivity index (χ0v) is 20.5. The molecular formula is C24H24N2O7S2. The lowest BCUT2D eigenvalue weighted by atomic mass is 9.87. The molecule has 35 heavy (non-hydrogen) atoms. The van der Waals surface area contributed by atoms with Gasteiger partial charge in [-0.2, -0.15) is 0 Å². The van der Waals surface area contributed by atoms with Gasteiger partial charge < -0.3 is 9.84 Å². The molecule has 1 unspecified atom stereocenters. The second kappa shape index (κ2) is 9.76. The van der Waals surface area contributed by atoms with E-state index >= 15 is 0 Å². The molecule has 0 spiro atoms. The molecule has 2 aromatic carbocycles. The maximum Gasteiger partial charge on any atom is 0.341 e. The Morgan fingerprint density at radius 3 is 2.49 bits per heavy atom. The number of carboxylic acid groups (broad SMARTS) is 1. The molecule has 11 heteroatoms. The molecule has 0 amide bonds. The smallest absolute Gasteiger partial charge is 0.341 e. The monoisotopic (exact) mass is 516 g/mol. The lowest BCUT2D eigenvalue weighted by molar-refractivity contribution is -0.139. The molecule has 9 nitrogen and oxygen atoms in total. The Labute approximate surface area is 203 Å². The number of carbonyl (C=O) groups is 1. The molecule has 1 aliphatic rings. The van der Waals surface area contributed by atoms with E-state index in [4.69, 9.17) is 9.84 Å². The van der Waals surface area contributed by atoms with Crippen molar-refractivity contribution in [3.63, 3.8) is 0 Å². The number of aliphatic carboxylic acids is 1. The van der Waals surface area contributed by atoms with Crippen molar-refractivity contribution in [2.45, 2.75) is 35.1 Å². The Kier molecular flexibility index (Phi) is 6.93. The van der Waals surface area contributed by atoms with Crippen molar-refractivity contribution >= 4 is 25.8 Å². The third-order valence-corrected chi connectivity index (χ3v) is 8.32. The van der Waals surface area contributed by atoms with Gasteiger partial charge in [0.1, 0.15) is 5.75 Å². The number of carboxylic acids is 1. The van der Waals surface area contributed by atoms with Crippen LogP contribution in [0.2, 0.25) is 0 Å². The molecule has 1 aromatic heterocycles. The second-order valence-corrected chi connectivity index (χ2v) is 12.0. The fourth-order valence-electron chi connectivity index (χ4n) is 4.07. The number of hydrogen-bond acceptors (Lipinski definition) is 7. The Morgan fingerprint density at radius 2 is 1.80 bits per heavy atom. The summed E-state index contributed by atoms with van der Waals surface area (Å²) in [5, 5.41) is 8.90. The number of sulfonamides is 1. The first kappa shape index (κ1) is 24.8. The summed E-state index contributed by atoms with van der Waals surface area (Å²) in [4.78, 5) is 15.0. The zero-order chi connectivity index (χ0) is 25.2. The lowest BCUT2D eigenvalue weighted by Gasteiger charge is -2.27. The molecule has 1 heterocycles. The summed E-state index contributed by atoms with van der Waals surface area (Å²) < 4.78 is 58.0. The SMILES string of the molecule is CS(=O)(=O)c1cncc(-c2ccc(S(=O)(=O)NC3CCCc4c(OCC(=O)O)cccc43)cc2)c1. The van der Waals surface area contributed by atoms with E-state index in [0.717, 1.165) is 23.8 Å². The Hall–Kier alpha value is -3.28. The lowest BCUT2D eigenvalue weighted by Crippen LogP contribution is -2.31. The van der Waals surface area contributed by atoms with E-state index in [0.29, 0.717) is 29.7 Å². The van der Waals surface area contributed by atoms with Gasteiger partial charge in [0, 0.05) is 30.3 Å². The van der Waals surface area contributed by atoms with Crippen molar-refractivity contribution in [3.05, 3.63) is 72.1 Å². The molecule has 1 atom stereocenters. The van der Waals surface area contributed by atoms with Crippen molar-refractivity contribution in [2.75, 3.05) is 12.9 Å².